The summed E-state index contributed by atoms with van der Waals surface area (Å²) in [6.45, 7) is 0.888. The van der Waals surface area contributed by atoms with E-state index < -0.39 is 0 Å². The first-order valence-corrected chi connectivity index (χ1v) is 6.87. The molecule has 0 N–H and O–H groups in total. The lowest BCUT2D eigenvalue weighted by Crippen LogP contribution is -2.38. The van der Waals surface area contributed by atoms with Crippen molar-refractivity contribution in [2.24, 2.45) is 0 Å². The molecule has 18 heavy (non-hydrogen) atoms. The Kier molecular flexibility index (Phi) is 2.99. The van der Waals surface area contributed by atoms with Gasteiger partial charge in [0, 0.05) is 11.6 Å². The molecule has 1 atom stereocenters. The molecule has 0 bridgehead atoms. The van der Waals surface area contributed by atoms with Gasteiger partial charge in [0.05, 0.1) is 5.69 Å². The van der Waals surface area contributed by atoms with Crippen LogP contribution in [0.4, 0.5) is 5.69 Å². The molecule has 1 aromatic rings. The van der Waals surface area contributed by atoms with Crippen LogP contribution in [0.1, 0.15) is 19.3 Å². The Hall–Kier alpha value is -1.13. The summed E-state index contributed by atoms with van der Waals surface area (Å²) < 4.78 is 0. The molecule has 2 saturated heterocycles. The first-order chi connectivity index (χ1) is 8.68. The summed E-state index contributed by atoms with van der Waals surface area (Å²) in [4.78, 5) is 16.1. The number of hydrogen-bond acceptors (Lipinski definition) is 2. The maximum absolute atomic E-state index is 12.4. The monoisotopic (exact) mass is 280 g/mol. The molecule has 1 amide bonds. The lowest BCUT2D eigenvalue weighted by atomic mass is 10.0. The number of benzene rings is 1. The molecule has 5 heteroatoms. The maximum Gasteiger partial charge on any atom is 0.256 e. The predicted octanol–water partition coefficient (Wildman–Crippen LogP) is 2.83. The lowest BCUT2D eigenvalue weighted by molar-refractivity contribution is -0.120. The number of piperidine rings is 1. The van der Waals surface area contributed by atoms with Gasteiger partial charge in [-0.25, -0.2) is 0 Å². The zero-order valence-electron chi connectivity index (χ0n) is 9.80. The van der Waals surface area contributed by atoms with Gasteiger partial charge in [0.1, 0.15) is 6.04 Å². The minimum atomic E-state index is -0.0538. The van der Waals surface area contributed by atoms with E-state index in [0.717, 1.165) is 31.5 Å². The molecule has 2 aliphatic heterocycles. The summed E-state index contributed by atoms with van der Waals surface area (Å²) >= 11 is 11.3. The number of fused-ring (bicyclic) bond motifs is 1. The second-order valence-electron chi connectivity index (χ2n) is 4.64. The molecular formula is C13H13ClN2OS. The number of halogens is 1. The van der Waals surface area contributed by atoms with E-state index in [0.29, 0.717) is 10.1 Å². The standard InChI is InChI=1S/C13H13ClN2OS/c14-9-4-6-10(7-5-9)16-12(17)11-3-1-2-8-15(11)13(16)18/h4-7,11H,1-3,8H2. The fourth-order valence-electron chi connectivity index (χ4n) is 2.62. The maximum atomic E-state index is 12.4. The fraction of sp³-hybridized carbons (Fsp3) is 0.385. The van der Waals surface area contributed by atoms with E-state index >= 15 is 0 Å². The van der Waals surface area contributed by atoms with Crippen molar-refractivity contribution in [3.05, 3.63) is 29.3 Å². The van der Waals surface area contributed by atoms with Crippen LogP contribution in [0.25, 0.3) is 0 Å². The quantitative estimate of drug-likeness (QED) is 0.739. The number of carbonyl (C=O) groups excluding carboxylic acids is 1. The second kappa shape index (κ2) is 4.52. The van der Waals surface area contributed by atoms with E-state index in [4.69, 9.17) is 23.8 Å². The summed E-state index contributed by atoms with van der Waals surface area (Å²) in [5.41, 5.74) is 0.809. The third kappa shape index (κ3) is 1.80. The highest BCUT2D eigenvalue weighted by atomic mass is 35.5. The van der Waals surface area contributed by atoms with E-state index in [1.165, 1.54) is 0 Å². The van der Waals surface area contributed by atoms with E-state index in [9.17, 15) is 4.79 Å². The van der Waals surface area contributed by atoms with Gasteiger partial charge in [-0.1, -0.05) is 11.6 Å². The smallest absolute Gasteiger partial charge is 0.256 e. The summed E-state index contributed by atoms with van der Waals surface area (Å²) in [7, 11) is 0. The highest BCUT2D eigenvalue weighted by molar-refractivity contribution is 7.80. The fourth-order valence-corrected chi connectivity index (χ4v) is 3.16. The number of thiocarbonyl (C=S) groups is 1. The van der Waals surface area contributed by atoms with Crippen molar-refractivity contribution in [2.75, 3.05) is 11.4 Å². The van der Waals surface area contributed by atoms with Crippen LogP contribution in [-0.2, 0) is 4.79 Å². The molecule has 0 aromatic heterocycles. The Morgan fingerprint density at radius 2 is 1.94 bits per heavy atom. The number of anilines is 1. The van der Waals surface area contributed by atoms with Crippen molar-refractivity contribution in [2.45, 2.75) is 25.3 Å². The summed E-state index contributed by atoms with van der Waals surface area (Å²) in [5.74, 6) is 0.0991. The lowest BCUT2D eigenvalue weighted by Gasteiger charge is -2.27. The highest BCUT2D eigenvalue weighted by Crippen LogP contribution is 2.31. The van der Waals surface area contributed by atoms with Crippen molar-refractivity contribution >= 4 is 40.5 Å². The normalized spacial score (nSPS) is 23.5. The second-order valence-corrected chi connectivity index (χ2v) is 5.44. The van der Waals surface area contributed by atoms with Crippen LogP contribution in [0, 0.1) is 0 Å². The molecular weight excluding hydrogens is 268 g/mol. The molecule has 3 nitrogen and oxygen atoms in total. The molecule has 1 aromatic carbocycles. The number of hydrogen-bond donors (Lipinski definition) is 0. The molecule has 2 heterocycles. The van der Waals surface area contributed by atoms with Crippen LogP contribution < -0.4 is 4.90 Å². The van der Waals surface area contributed by atoms with E-state index in [1.54, 1.807) is 17.0 Å². The number of carbonyl (C=O) groups is 1. The third-order valence-electron chi connectivity index (χ3n) is 3.53. The topological polar surface area (TPSA) is 23.6 Å². The van der Waals surface area contributed by atoms with Gasteiger partial charge < -0.3 is 4.90 Å². The van der Waals surface area contributed by atoms with Gasteiger partial charge in [-0.15, -0.1) is 0 Å². The van der Waals surface area contributed by atoms with Crippen LogP contribution in [-0.4, -0.2) is 28.5 Å². The van der Waals surface area contributed by atoms with Crippen LogP contribution in [0.15, 0.2) is 24.3 Å². The summed E-state index contributed by atoms with van der Waals surface area (Å²) in [6.07, 6.45) is 3.12. The van der Waals surface area contributed by atoms with Crippen molar-refractivity contribution in [1.82, 2.24) is 4.90 Å². The Morgan fingerprint density at radius 3 is 2.61 bits per heavy atom. The van der Waals surface area contributed by atoms with Gasteiger partial charge in [-0.05, 0) is 55.7 Å². The number of amides is 1. The Morgan fingerprint density at radius 1 is 1.22 bits per heavy atom. The number of nitrogens with zero attached hydrogens (tertiary/aromatic N) is 2. The van der Waals surface area contributed by atoms with Gasteiger partial charge >= 0.3 is 0 Å². The van der Waals surface area contributed by atoms with Crippen molar-refractivity contribution in [3.8, 4) is 0 Å². The summed E-state index contributed by atoms with van der Waals surface area (Å²) in [6, 6.07) is 7.19. The first-order valence-electron chi connectivity index (χ1n) is 6.08. The minimum absolute atomic E-state index is 0.0538. The van der Waals surface area contributed by atoms with Crippen LogP contribution in [0.3, 0.4) is 0 Å². The molecule has 0 saturated carbocycles. The molecule has 2 aliphatic rings. The van der Waals surface area contributed by atoms with E-state index in [2.05, 4.69) is 4.90 Å². The van der Waals surface area contributed by atoms with Crippen LogP contribution in [0.5, 0.6) is 0 Å². The van der Waals surface area contributed by atoms with Gasteiger partial charge in [-0.2, -0.15) is 0 Å². The predicted molar refractivity (Wildman–Crippen MR) is 75.9 cm³/mol. The molecule has 0 radical (unpaired) electrons. The minimum Gasteiger partial charge on any atom is -0.336 e. The summed E-state index contributed by atoms with van der Waals surface area (Å²) in [5, 5.41) is 1.29. The molecule has 0 aliphatic carbocycles. The molecule has 94 valence electrons. The average molecular weight is 281 g/mol. The third-order valence-corrected chi connectivity index (χ3v) is 4.20. The zero-order chi connectivity index (χ0) is 12.7. The zero-order valence-corrected chi connectivity index (χ0v) is 11.4. The Balaban J connectivity index is 1.95. The van der Waals surface area contributed by atoms with Crippen LogP contribution >= 0.6 is 23.8 Å². The van der Waals surface area contributed by atoms with Gasteiger partial charge in [0.2, 0.25) is 0 Å². The van der Waals surface area contributed by atoms with Crippen molar-refractivity contribution in [3.63, 3.8) is 0 Å². The Bertz CT molecular complexity index is 478. The average Bonchev–Trinajstić information content (AvgIpc) is 2.64. The largest absolute Gasteiger partial charge is 0.336 e. The van der Waals surface area contributed by atoms with Gasteiger partial charge in [-0.3, -0.25) is 9.69 Å². The Labute approximate surface area is 116 Å². The van der Waals surface area contributed by atoms with Gasteiger partial charge in [0.25, 0.3) is 5.91 Å². The molecule has 3 rings (SSSR count). The van der Waals surface area contributed by atoms with Gasteiger partial charge in [0.15, 0.2) is 5.11 Å². The molecule has 1 unspecified atom stereocenters. The van der Waals surface area contributed by atoms with Crippen molar-refractivity contribution in [1.29, 1.82) is 0 Å². The van der Waals surface area contributed by atoms with E-state index in [-0.39, 0.29) is 11.9 Å². The number of rotatable bonds is 1. The SMILES string of the molecule is O=C1C2CCCCN2C(=S)N1c1ccc(Cl)cc1. The van der Waals surface area contributed by atoms with Crippen LogP contribution in [0.2, 0.25) is 5.02 Å². The molecule has 2 fully saturated rings. The highest BCUT2D eigenvalue weighted by Gasteiger charge is 2.43. The first kappa shape index (κ1) is 11.9. The van der Waals surface area contributed by atoms with E-state index in [1.807, 2.05) is 12.1 Å². The molecule has 0 spiro atoms. The van der Waals surface area contributed by atoms with Crippen molar-refractivity contribution < 1.29 is 4.79 Å².